The van der Waals surface area contributed by atoms with Crippen molar-refractivity contribution in [3.63, 3.8) is 0 Å². The molecule has 0 atom stereocenters. The Hall–Kier alpha value is -0.220. The van der Waals surface area contributed by atoms with Gasteiger partial charge in [-0.05, 0) is 0 Å². The molecule has 1 heterocycles. The van der Waals surface area contributed by atoms with E-state index in [2.05, 4.69) is 0 Å². The maximum Gasteiger partial charge on any atom is 0.302 e. The Morgan fingerprint density at radius 3 is 2.10 bits per heavy atom. The normalized spacial score (nSPS) is 23.1. The van der Waals surface area contributed by atoms with Gasteiger partial charge in [0.2, 0.25) is 0 Å². The Balaban J connectivity index is 2.39. The van der Waals surface area contributed by atoms with Crippen molar-refractivity contribution in [3.05, 3.63) is 0 Å². The highest BCUT2D eigenvalue weighted by molar-refractivity contribution is 4.67. The summed E-state index contributed by atoms with van der Waals surface area (Å²) in [4.78, 5) is 1.12. The Labute approximate surface area is 58.8 Å². The standard InChI is InChI=1S/C6H11F2NO/c1-6(7,8)9-2-4-10-5-3-9/h2-5H2,1H3. The van der Waals surface area contributed by atoms with Gasteiger partial charge in [0.1, 0.15) is 0 Å². The van der Waals surface area contributed by atoms with Gasteiger partial charge < -0.3 is 4.74 Å². The summed E-state index contributed by atoms with van der Waals surface area (Å²) < 4.78 is 29.9. The van der Waals surface area contributed by atoms with Crippen molar-refractivity contribution in [1.29, 1.82) is 0 Å². The summed E-state index contributed by atoms with van der Waals surface area (Å²) in [6.45, 7) is 2.43. The minimum Gasteiger partial charge on any atom is -0.379 e. The molecule has 1 aliphatic rings. The molecule has 0 saturated carbocycles. The van der Waals surface area contributed by atoms with Crippen LogP contribution in [0.5, 0.6) is 0 Å². The van der Waals surface area contributed by atoms with Crippen molar-refractivity contribution in [2.75, 3.05) is 26.3 Å². The third kappa shape index (κ3) is 1.88. The Morgan fingerprint density at radius 1 is 1.30 bits per heavy atom. The van der Waals surface area contributed by atoms with Gasteiger partial charge in [0.05, 0.1) is 13.2 Å². The van der Waals surface area contributed by atoms with Crippen LogP contribution in [-0.4, -0.2) is 37.2 Å². The predicted molar refractivity (Wildman–Crippen MR) is 33.0 cm³/mol. The first kappa shape index (κ1) is 7.88. The fraction of sp³-hybridized carbons (Fsp3) is 1.00. The molecule has 1 fully saturated rings. The molecule has 2 nitrogen and oxygen atoms in total. The van der Waals surface area contributed by atoms with Crippen LogP contribution in [0.3, 0.4) is 0 Å². The van der Waals surface area contributed by atoms with E-state index in [9.17, 15) is 8.78 Å². The predicted octanol–water partition coefficient (Wildman–Crippen LogP) is 0.931. The van der Waals surface area contributed by atoms with E-state index in [0.29, 0.717) is 26.3 Å². The lowest BCUT2D eigenvalue weighted by molar-refractivity contribution is -0.158. The molecular formula is C6H11F2NO. The molecule has 0 unspecified atom stereocenters. The molecule has 1 saturated heterocycles. The quantitative estimate of drug-likeness (QED) is 0.517. The van der Waals surface area contributed by atoms with E-state index >= 15 is 0 Å². The third-order valence-corrected chi connectivity index (χ3v) is 1.57. The molecule has 0 N–H and O–H groups in total. The van der Waals surface area contributed by atoms with E-state index in [0.717, 1.165) is 11.8 Å². The topological polar surface area (TPSA) is 12.5 Å². The lowest BCUT2D eigenvalue weighted by Crippen LogP contribution is -2.46. The minimum absolute atomic E-state index is 0.337. The van der Waals surface area contributed by atoms with Gasteiger partial charge >= 0.3 is 6.05 Å². The van der Waals surface area contributed by atoms with Crippen LogP contribution in [0, 0.1) is 0 Å². The maximum atomic E-state index is 12.5. The van der Waals surface area contributed by atoms with Crippen molar-refractivity contribution >= 4 is 0 Å². The zero-order chi connectivity index (χ0) is 7.61. The summed E-state index contributed by atoms with van der Waals surface area (Å²) in [5, 5.41) is 0. The van der Waals surface area contributed by atoms with E-state index in [4.69, 9.17) is 4.74 Å². The smallest absolute Gasteiger partial charge is 0.302 e. The minimum atomic E-state index is -2.68. The fourth-order valence-electron chi connectivity index (χ4n) is 0.956. The Morgan fingerprint density at radius 2 is 1.80 bits per heavy atom. The molecule has 0 aliphatic carbocycles. The van der Waals surface area contributed by atoms with E-state index in [1.54, 1.807) is 0 Å². The van der Waals surface area contributed by atoms with Gasteiger partial charge in [0, 0.05) is 20.0 Å². The summed E-state index contributed by atoms with van der Waals surface area (Å²) >= 11 is 0. The number of rotatable bonds is 1. The second-order valence-corrected chi connectivity index (χ2v) is 2.44. The van der Waals surface area contributed by atoms with Gasteiger partial charge in [-0.1, -0.05) is 0 Å². The summed E-state index contributed by atoms with van der Waals surface area (Å²) in [6.07, 6.45) is 0. The first-order valence-electron chi connectivity index (χ1n) is 3.31. The molecule has 0 bridgehead atoms. The van der Waals surface area contributed by atoms with Crippen LogP contribution in [0.15, 0.2) is 0 Å². The van der Waals surface area contributed by atoms with Gasteiger partial charge in [0.25, 0.3) is 0 Å². The highest BCUT2D eigenvalue weighted by Crippen LogP contribution is 2.18. The van der Waals surface area contributed by atoms with Gasteiger partial charge in [-0.3, -0.25) is 0 Å². The molecule has 1 aliphatic heterocycles. The molecule has 0 radical (unpaired) electrons. The molecule has 0 aromatic carbocycles. The van der Waals surface area contributed by atoms with Crippen LogP contribution in [0.1, 0.15) is 6.92 Å². The van der Waals surface area contributed by atoms with Crippen LogP contribution in [0.4, 0.5) is 8.78 Å². The zero-order valence-electron chi connectivity index (χ0n) is 5.94. The maximum absolute atomic E-state index is 12.5. The second kappa shape index (κ2) is 2.80. The van der Waals surface area contributed by atoms with Crippen molar-refractivity contribution in [3.8, 4) is 0 Å². The fourth-order valence-corrected chi connectivity index (χ4v) is 0.956. The average molecular weight is 151 g/mol. The molecule has 0 aromatic heterocycles. The van der Waals surface area contributed by atoms with E-state index in [1.807, 2.05) is 0 Å². The van der Waals surface area contributed by atoms with Crippen molar-refractivity contribution < 1.29 is 13.5 Å². The lowest BCUT2D eigenvalue weighted by atomic mass is 10.4. The van der Waals surface area contributed by atoms with E-state index < -0.39 is 6.05 Å². The van der Waals surface area contributed by atoms with Crippen LogP contribution >= 0.6 is 0 Å². The van der Waals surface area contributed by atoms with Crippen LogP contribution in [-0.2, 0) is 4.74 Å². The summed E-state index contributed by atoms with van der Waals surface area (Å²) in [6, 6.07) is -2.68. The SMILES string of the molecule is CC(F)(F)N1CCOCC1. The highest BCUT2D eigenvalue weighted by atomic mass is 19.3. The number of ether oxygens (including phenoxy) is 1. The zero-order valence-corrected chi connectivity index (χ0v) is 5.94. The Bertz CT molecular complexity index is 107. The number of hydrogen-bond donors (Lipinski definition) is 0. The Kier molecular flexibility index (Phi) is 2.21. The first-order valence-corrected chi connectivity index (χ1v) is 3.31. The van der Waals surface area contributed by atoms with Crippen LogP contribution in [0.2, 0.25) is 0 Å². The highest BCUT2D eigenvalue weighted by Gasteiger charge is 2.31. The third-order valence-electron chi connectivity index (χ3n) is 1.57. The van der Waals surface area contributed by atoms with Crippen molar-refractivity contribution in [1.82, 2.24) is 4.90 Å². The number of morpholine rings is 1. The summed E-state index contributed by atoms with van der Waals surface area (Å²) in [5.41, 5.74) is 0. The van der Waals surface area contributed by atoms with E-state index in [-0.39, 0.29) is 0 Å². The summed E-state index contributed by atoms with van der Waals surface area (Å²) in [5.74, 6) is 0. The van der Waals surface area contributed by atoms with Crippen LogP contribution in [0.25, 0.3) is 0 Å². The first-order chi connectivity index (χ1) is 4.61. The van der Waals surface area contributed by atoms with E-state index in [1.165, 1.54) is 0 Å². The molecule has 10 heavy (non-hydrogen) atoms. The van der Waals surface area contributed by atoms with Gasteiger partial charge in [-0.25, -0.2) is 4.90 Å². The lowest BCUT2D eigenvalue weighted by Gasteiger charge is -2.31. The molecule has 60 valence electrons. The van der Waals surface area contributed by atoms with Gasteiger partial charge in [0.15, 0.2) is 0 Å². The van der Waals surface area contributed by atoms with Gasteiger partial charge in [-0.15, -0.1) is 0 Å². The molecule has 1 rings (SSSR count). The molecule has 0 spiro atoms. The largest absolute Gasteiger partial charge is 0.379 e. The van der Waals surface area contributed by atoms with Gasteiger partial charge in [-0.2, -0.15) is 8.78 Å². The molecule has 0 aromatic rings. The number of halogens is 2. The number of alkyl halides is 2. The van der Waals surface area contributed by atoms with Crippen LogP contribution < -0.4 is 0 Å². The second-order valence-electron chi connectivity index (χ2n) is 2.44. The number of nitrogens with zero attached hydrogens (tertiary/aromatic N) is 1. The molecule has 4 heteroatoms. The summed E-state index contributed by atoms with van der Waals surface area (Å²) in [7, 11) is 0. The molecular weight excluding hydrogens is 140 g/mol. The monoisotopic (exact) mass is 151 g/mol. The van der Waals surface area contributed by atoms with Crippen molar-refractivity contribution in [2.24, 2.45) is 0 Å². The number of hydrogen-bond acceptors (Lipinski definition) is 2. The van der Waals surface area contributed by atoms with Crippen molar-refractivity contribution in [2.45, 2.75) is 13.0 Å². The molecule has 0 amide bonds. The average Bonchev–Trinajstić information content (AvgIpc) is 1.88.